The first-order valence-electron chi connectivity index (χ1n) is 23.9. The number of amides is 8. The number of nitrogens with two attached hydrogens (primary N) is 2. The van der Waals surface area contributed by atoms with E-state index >= 15 is 0 Å². The minimum absolute atomic E-state index is 0.0133. The van der Waals surface area contributed by atoms with Gasteiger partial charge in [0.25, 0.3) is 0 Å². The lowest BCUT2D eigenvalue weighted by Gasteiger charge is -2.30. The van der Waals surface area contributed by atoms with Gasteiger partial charge < -0.3 is 63.7 Å². The minimum atomic E-state index is -1.34. The Morgan fingerprint density at radius 3 is 2.14 bits per heavy atom. The van der Waals surface area contributed by atoms with Crippen LogP contribution >= 0.6 is 0 Å². The molecular formula is C49H65N13O9. The molecule has 13 N–H and O–H groups in total. The SMILES string of the molecule is CC(=O)N[C@H]1CCC(=O)NCC[C@@H](C(=O)N2C[C@H](O)C[C@H]2C)NC(=O)[C@H](Cc2c[nH]c3ccccc23)NC(=O)[C@H](CCCN=C(N)N)NC(=O)[C@@H](Cc2ccccc2)NC(=O)[C@H](CC2=CCC=N2)NC1=O. The van der Waals surface area contributed by atoms with Gasteiger partial charge in [-0.15, -0.1) is 0 Å². The smallest absolute Gasteiger partial charge is 0.245 e. The third-order valence-corrected chi connectivity index (χ3v) is 12.5. The molecule has 380 valence electrons. The average molecular weight is 980 g/mol. The van der Waals surface area contributed by atoms with Gasteiger partial charge in [-0.25, -0.2) is 0 Å². The van der Waals surface area contributed by atoms with Gasteiger partial charge in [-0.2, -0.15) is 0 Å². The number of hydrogen-bond donors (Lipinski definition) is 11. The average Bonchev–Trinajstić information content (AvgIpc) is 4.09. The van der Waals surface area contributed by atoms with Crippen molar-refractivity contribution in [2.24, 2.45) is 21.5 Å². The molecule has 71 heavy (non-hydrogen) atoms. The number of guanidine groups is 1. The number of β-amino-alcohol motifs (C(OH)–C–C–N with tert-alkyl or cyclic N) is 1. The Morgan fingerprint density at radius 2 is 1.46 bits per heavy atom. The first-order valence-corrected chi connectivity index (χ1v) is 23.9. The number of nitrogens with zero attached hydrogens (tertiary/aromatic N) is 3. The molecule has 3 aromatic rings. The molecule has 1 aromatic heterocycles. The van der Waals surface area contributed by atoms with Crippen molar-refractivity contribution in [1.82, 2.24) is 47.1 Å². The lowest BCUT2D eigenvalue weighted by atomic mass is 10.0. The van der Waals surface area contributed by atoms with Gasteiger partial charge in [-0.05, 0) is 56.2 Å². The predicted octanol–water partition coefficient (Wildman–Crippen LogP) is -1.03. The number of benzene rings is 2. The van der Waals surface area contributed by atoms with Crippen molar-refractivity contribution >= 4 is 70.3 Å². The van der Waals surface area contributed by atoms with Crippen LogP contribution in [0.1, 0.15) is 76.3 Å². The van der Waals surface area contributed by atoms with Crippen LogP contribution in [0.3, 0.4) is 0 Å². The Morgan fingerprint density at radius 1 is 0.817 bits per heavy atom. The van der Waals surface area contributed by atoms with Crippen LogP contribution in [0.15, 0.2) is 82.6 Å². The Labute approximate surface area is 411 Å². The number of carbonyl (C=O) groups is 8. The van der Waals surface area contributed by atoms with E-state index in [1.54, 1.807) is 55.7 Å². The summed E-state index contributed by atoms with van der Waals surface area (Å²) in [5.41, 5.74) is 13.8. The Bertz CT molecular complexity index is 2510. The number of H-pyrrole nitrogens is 1. The number of hydrogen-bond acceptors (Lipinski definition) is 11. The van der Waals surface area contributed by atoms with Crippen molar-refractivity contribution in [3.8, 4) is 0 Å². The maximum absolute atomic E-state index is 14.7. The molecule has 0 unspecified atom stereocenters. The fourth-order valence-electron chi connectivity index (χ4n) is 8.89. The van der Waals surface area contributed by atoms with E-state index in [2.05, 4.69) is 52.2 Å². The standard InChI is InChI=1S/C49H65N13O9/c1-28-22-33(64)27-62(28)48(71)38-18-21-53-42(65)17-16-37(56-29(2)63)44(67)61-41(25-32-12-8-19-52-32)47(70)59-39(23-30-10-4-3-5-11-30)45(68)57-36(15-9-20-54-49(50)51)43(66)60-40(46(69)58-38)24-31-26-55-35-14-7-6-13-34(31)35/h3-7,10-14,19,26,28,33,36-41,55,64H,8-9,15-18,20-25,27H2,1-2H3,(H,53,65)(H,56,63)(H,57,68)(H,58,69)(H,59,70)(H,60,66)(H,61,67)(H4,50,51,54)/t28-,33-,36+,37+,38+,39-,40+,41+/m1/s1. The van der Waals surface area contributed by atoms with Crippen LogP contribution in [0.25, 0.3) is 10.9 Å². The van der Waals surface area contributed by atoms with E-state index in [4.69, 9.17) is 11.5 Å². The fraction of sp³-hybridized carbons (Fsp3) is 0.469. The summed E-state index contributed by atoms with van der Waals surface area (Å²) >= 11 is 0. The number of aromatic nitrogens is 1. The number of para-hydroxylation sites is 1. The van der Waals surface area contributed by atoms with Crippen molar-refractivity contribution in [3.63, 3.8) is 0 Å². The molecule has 3 aliphatic heterocycles. The van der Waals surface area contributed by atoms with Gasteiger partial charge in [0.1, 0.15) is 36.3 Å². The molecule has 8 amide bonds. The second-order valence-electron chi connectivity index (χ2n) is 18.1. The summed E-state index contributed by atoms with van der Waals surface area (Å²) in [5.74, 6) is -5.68. The highest BCUT2D eigenvalue weighted by atomic mass is 16.3. The number of aliphatic hydroxyl groups excluding tert-OH is 1. The molecule has 4 heterocycles. The van der Waals surface area contributed by atoms with E-state index in [9.17, 15) is 43.5 Å². The van der Waals surface area contributed by atoms with Gasteiger partial charge >= 0.3 is 0 Å². The molecule has 0 radical (unpaired) electrons. The molecule has 22 heteroatoms. The zero-order valence-electron chi connectivity index (χ0n) is 39.9. The van der Waals surface area contributed by atoms with E-state index in [-0.39, 0.29) is 83.0 Å². The third-order valence-electron chi connectivity index (χ3n) is 12.5. The molecule has 0 spiro atoms. The number of carbonyl (C=O) groups excluding carboxylic acids is 8. The maximum atomic E-state index is 14.7. The number of aliphatic imine (C=N–C) groups is 2. The highest BCUT2D eigenvalue weighted by molar-refractivity contribution is 5.98. The first kappa shape index (κ1) is 52.7. The number of rotatable bonds is 12. The van der Waals surface area contributed by atoms with Crippen molar-refractivity contribution in [2.75, 3.05) is 19.6 Å². The van der Waals surface area contributed by atoms with Gasteiger partial charge in [0.2, 0.25) is 47.3 Å². The van der Waals surface area contributed by atoms with Gasteiger partial charge in [0, 0.05) is 93.7 Å². The summed E-state index contributed by atoms with van der Waals surface area (Å²) in [4.78, 5) is 126. The highest BCUT2D eigenvalue weighted by Gasteiger charge is 2.38. The van der Waals surface area contributed by atoms with Gasteiger partial charge in [-0.1, -0.05) is 54.6 Å². The normalized spacial score (nSPS) is 25.3. The molecule has 2 aromatic carbocycles. The van der Waals surface area contributed by atoms with Crippen molar-refractivity contribution < 1.29 is 43.5 Å². The second-order valence-corrected chi connectivity index (χ2v) is 18.1. The molecule has 0 aliphatic carbocycles. The summed E-state index contributed by atoms with van der Waals surface area (Å²) in [7, 11) is 0. The Hall–Kier alpha value is -7.62. The first-order chi connectivity index (χ1) is 34.0. The number of aromatic amines is 1. The Balaban J connectivity index is 1.39. The lowest BCUT2D eigenvalue weighted by Crippen LogP contribution is -2.60. The Kier molecular flexibility index (Phi) is 18.8. The topological polar surface area (TPSA) is 337 Å². The zero-order chi connectivity index (χ0) is 51.0. The van der Waals surface area contributed by atoms with E-state index in [1.807, 2.05) is 24.3 Å². The van der Waals surface area contributed by atoms with Crippen molar-refractivity contribution in [3.05, 3.63) is 83.7 Å². The second kappa shape index (κ2) is 25.3. The molecule has 0 saturated carbocycles. The molecule has 2 fully saturated rings. The molecule has 6 rings (SSSR count). The van der Waals surface area contributed by atoms with E-state index in [0.717, 1.165) is 10.9 Å². The van der Waals surface area contributed by atoms with Gasteiger partial charge in [0.15, 0.2) is 5.96 Å². The molecule has 8 atom stereocenters. The maximum Gasteiger partial charge on any atom is 0.245 e. The zero-order valence-corrected chi connectivity index (χ0v) is 39.9. The van der Waals surface area contributed by atoms with Crippen LogP contribution in [0.5, 0.6) is 0 Å². The molecule has 3 aliphatic rings. The lowest BCUT2D eigenvalue weighted by molar-refractivity contribution is -0.138. The molecule has 0 bridgehead atoms. The van der Waals surface area contributed by atoms with E-state index in [0.29, 0.717) is 29.7 Å². The van der Waals surface area contributed by atoms with Crippen LogP contribution in [-0.4, -0.2) is 142 Å². The van der Waals surface area contributed by atoms with Gasteiger partial charge in [0.05, 0.1) is 6.10 Å². The quantitative estimate of drug-likeness (QED) is 0.0592. The van der Waals surface area contributed by atoms with Crippen molar-refractivity contribution in [2.45, 2.75) is 126 Å². The molecule has 2 saturated heterocycles. The summed E-state index contributed by atoms with van der Waals surface area (Å²) < 4.78 is 0. The predicted molar refractivity (Wildman–Crippen MR) is 264 cm³/mol. The monoisotopic (exact) mass is 980 g/mol. The van der Waals surface area contributed by atoms with Crippen LogP contribution in [-0.2, 0) is 51.2 Å². The number of allylic oxidation sites excluding steroid dienone is 1. The molecule has 22 nitrogen and oxygen atoms in total. The number of aliphatic hydroxyl groups is 1. The van der Waals surface area contributed by atoms with Crippen LogP contribution in [0.4, 0.5) is 0 Å². The molecular weight excluding hydrogens is 915 g/mol. The van der Waals surface area contributed by atoms with Crippen molar-refractivity contribution in [1.29, 1.82) is 0 Å². The van der Waals surface area contributed by atoms with E-state index in [1.165, 1.54) is 11.8 Å². The summed E-state index contributed by atoms with van der Waals surface area (Å²) in [5, 5.41) is 30.5. The van der Waals surface area contributed by atoms with Crippen LogP contribution in [0, 0.1) is 0 Å². The summed E-state index contributed by atoms with van der Waals surface area (Å²) in [6, 6.07) is 7.94. The number of fused-ring (bicyclic) bond motifs is 1. The van der Waals surface area contributed by atoms with Gasteiger partial charge in [-0.3, -0.25) is 48.3 Å². The number of nitrogens with one attached hydrogen (secondary N) is 8. The fourth-order valence-corrected chi connectivity index (χ4v) is 8.89. The van der Waals surface area contributed by atoms with Crippen LogP contribution < -0.4 is 48.7 Å². The van der Waals surface area contributed by atoms with E-state index < -0.39 is 89.6 Å². The largest absolute Gasteiger partial charge is 0.391 e. The minimum Gasteiger partial charge on any atom is -0.391 e. The summed E-state index contributed by atoms with van der Waals surface area (Å²) in [6.45, 7) is 2.95. The third kappa shape index (κ3) is 15.4. The van der Waals surface area contributed by atoms with Crippen LogP contribution in [0.2, 0.25) is 0 Å². The summed E-state index contributed by atoms with van der Waals surface area (Å²) in [6.07, 6.45) is 4.50. The number of likely N-dealkylation sites (tertiary alicyclic amines) is 1. The highest BCUT2D eigenvalue weighted by Crippen LogP contribution is 2.22.